The van der Waals surface area contributed by atoms with Crippen LogP contribution in [0.15, 0.2) is 29.3 Å². The molecule has 1 saturated heterocycles. The summed E-state index contributed by atoms with van der Waals surface area (Å²) in [6.45, 7) is 4.22. The molecular formula is C18H27FN4OS. The molecule has 1 fully saturated rings. The van der Waals surface area contributed by atoms with E-state index in [2.05, 4.69) is 27.9 Å². The summed E-state index contributed by atoms with van der Waals surface area (Å²) in [4.78, 5) is 16.1. The SMILES string of the molecule is CN=C(NCCNC(=O)Cc1cccc(F)c1)NCC1(C)CCCS1. The summed E-state index contributed by atoms with van der Waals surface area (Å²) in [6.07, 6.45) is 2.67. The van der Waals surface area contributed by atoms with Crippen LogP contribution in [-0.4, -0.2) is 49.0 Å². The van der Waals surface area contributed by atoms with Crippen molar-refractivity contribution in [2.24, 2.45) is 4.99 Å². The van der Waals surface area contributed by atoms with Crippen molar-refractivity contribution in [2.75, 3.05) is 32.4 Å². The van der Waals surface area contributed by atoms with Crippen LogP contribution in [0, 0.1) is 5.82 Å². The van der Waals surface area contributed by atoms with Gasteiger partial charge in [-0.05, 0) is 43.2 Å². The van der Waals surface area contributed by atoms with Crippen molar-refractivity contribution in [3.05, 3.63) is 35.6 Å². The lowest BCUT2D eigenvalue weighted by atomic mass is 10.1. The van der Waals surface area contributed by atoms with Gasteiger partial charge in [-0.2, -0.15) is 11.8 Å². The second-order valence-electron chi connectivity index (χ2n) is 6.41. The maximum Gasteiger partial charge on any atom is 0.224 e. The van der Waals surface area contributed by atoms with Crippen molar-refractivity contribution in [3.8, 4) is 0 Å². The maximum atomic E-state index is 13.1. The number of benzene rings is 1. The predicted molar refractivity (Wildman–Crippen MR) is 103 cm³/mol. The molecule has 3 N–H and O–H groups in total. The molecule has 1 aromatic rings. The van der Waals surface area contributed by atoms with Crippen LogP contribution in [0.2, 0.25) is 0 Å². The number of hydrogen-bond acceptors (Lipinski definition) is 3. The number of amides is 1. The third-order valence-corrected chi connectivity index (χ3v) is 5.69. The summed E-state index contributed by atoms with van der Waals surface area (Å²) >= 11 is 2.00. The van der Waals surface area contributed by atoms with Gasteiger partial charge in [-0.1, -0.05) is 12.1 Å². The second-order valence-corrected chi connectivity index (χ2v) is 8.09. The Morgan fingerprint density at radius 1 is 1.32 bits per heavy atom. The quantitative estimate of drug-likeness (QED) is 0.392. The van der Waals surface area contributed by atoms with Crippen LogP contribution < -0.4 is 16.0 Å². The van der Waals surface area contributed by atoms with Crippen LogP contribution in [0.25, 0.3) is 0 Å². The van der Waals surface area contributed by atoms with E-state index in [-0.39, 0.29) is 22.9 Å². The van der Waals surface area contributed by atoms with Gasteiger partial charge in [0.15, 0.2) is 5.96 Å². The molecule has 1 aromatic carbocycles. The summed E-state index contributed by atoms with van der Waals surface area (Å²) < 4.78 is 13.4. The van der Waals surface area contributed by atoms with E-state index in [1.54, 1.807) is 19.2 Å². The van der Waals surface area contributed by atoms with Crippen LogP contribution in [-0.2, 0) is 11.2 Å². The van der Waals surface area contributed by atoms with E-state index in [1.807, 2.05) is 11.8 Å². The maximum absolute atomic E-state index is 13.1. The molecule has 0 aromatic heterocycles. The van der Waals surface area contributed by atoms with Crippen molar-refractivity contribution < 1.29 is 9.18 Å². The van der Waals surface area contributed by atoms with E-state index in [9.17, 15) is 9.18 Å². The molecule has 1 amide bonds. The van der Waals surface area contributed by atoms with Gasteiger partial charge in [0.05, 0.1) is 6.42 Å². The van der Waals surface area contributed by atoms with Gasteiger partial charge in [-0.25, -0.2) is 4.39 Å². The molecule has 0 radical (unpaired) electrons. The number of thioether (sulfide) groups is 1. The molecule has 1 heterocycles. The molecule has 1 aliphatic rings. The van der Waals surface area contributed by atoms with Crippen molar-refractivity contribution >= 4 is 23.6 Å². The van der Waals surface area contributed by atoms with Crippen LogP contribution in [0.4, 0.5) is 4.39 Å². The number of carbonyl (C=O) groups is 1. The van der Waals surface area contributed by atoms with Gasteiger partial charge in [-0.15, -0.1) is 0 Å². The molecule has 0 bridgehead atoms. The Balaban J connectivity index is 1.62. The smallest absolute Gasteiger partial charge is 0.224 e. The van der Waals surface area contributed by atoms with Crippen molar-refractivity contribution in [1.29, 1.82) is 0 Å². The number of aliphatic imine (C=N–C) groups is 1. The van der Waals surface area contributed by atoms with Gasteiger partial charge in [0.1, 0.15) is 5.82 Å². The van der Waals surface area contributed by atoms with E-state index >= 15 is 0 Å². The minimum absolute atomic E-state index is 0.120. The zero-order chi connectivity index (χ0) is 18.1. The Bertz CT molecular complexity index is 602. The number of hydrogen-bond donors (Lipinski definition) is 3. The van der Waals surface area contributed by atoms with E-state index < -0.39 is 0 Å². The summed E-state index contributed by atoms with van der Waals surface area (Å²) in [7, 11) is 1.74. The fourth-order valence-corrected chi connectivity index (χ4v) is 3.99. The first-order valence-electron chi connectivity index (χ1n) is 8.60. The first-order chi connectivity index (χ1) is 12.0. The zero-order valence-corrected chi connectivity index (χ0v) is 15.7. The Hall–Kier alpha value is -1.76. The fourth-order valence-electron chi connectivity index (χ4n) is 2.75. The molecule has 2 rings (SSSR count). The highest BCUT2D eigenvalue weighted by Crippen LogP contribution is 2.36. The van der Waals surface area contributed by atoms with Gasteiger partial charge >= 0.3 is 0 Å². The molecule has 1 aliphatic heterocycles. The minimum Gasteiger partial charge on any atom is -0.355 e. The van der Waals surface area contributed by atoms with Crippen LogP contribution in [0.3, 0.4) is 0 Å². The number of halogens is 1. The molecule has 0 saturated carbocycles. The average molecular weight is 367 g/mol. The molecule has 1 unspecified atom stereocenters. The lowest BCUT2D eigenvalue weighted by Crippen LogP contribution is -2.45. The molecule has 1 atom stereocenters. The highest BCUT2D eigenvalue weighted by atomic mass is 32.2. The molecule has 0 spiro atoms. The highest BCUT2D eigenvalue weighted by Gasteiger charge is 2.29. The van der Waals surface area contributed by atoms with Crippen molar-refractivity contribution in [1.82, 2.24) is 16.0 Å². The second kappa shape index (κ2) is 9.65. The standard InChI is InChI=1S/C18H27FN4OS/c1-18(7-4-10-25-18)13-23-17(20-2)22-9-8-21-16(24)12-14-5-3-6-15(19)11-14/h3,5-6,11H,4,7-10,12-13H2,1-2H3,(H,21,24)(H2,20,22,23). The van der Waals surface area contributed by atoms with Crippen LogP contribution in [0.1, 0.15) is 25.3 Å². The third kappa shape index (κ3) is 6.94. The summed E-state index contributed by atoms with van der Waals surface area (Å²) in [5, 5.41) is 9.37. The molecular weight excluding hydrogens is 339 g/mol. The highest BCUT2D eigenvalue weighted by molar-refractivity contribution is 8.00. The largest absolute Gasteiger partial charge is 0.355 e. The van der Waals surface area contributed by atoms with Gasteiger partial charge in [0.2, 0.25) is 5.91 Å². The first kappa shape index (κ1) is 19.6. The normalized spacial score (nSPS) is 20.4. The molecule has 7 heteroatoms. The van der Waals surface area contributed by atoms with Gasteiger partial charge in [0.25, 0.3) is 0 Å². The van der Waals surface area contributed by atoms with Crippen LogP contribution in [0.5, 0.6) is 0 Å². The molecule has 138 valence electrons. The average Bonchev–Trinajstić information content (AvgIpc) is 3.01. The number of guanidine groups is 1. The van der Waals surface area contributed by atoms with Gasteiger partial charge in [0, 0.05) is 31.4 Å². The number of carbonyl (C=O) groups excluding carboxylic acids is 1. The summed E-state index contributed by atoms with van der Waals surface area (Å²) in [5.74, 6) is 1.52. The van der Waals surface area contributed by atoms with E-state index in [1.165, 1.54) is 30.7 Å². The Morgan fingerprint density at radius 2 is 2.12 bits per heavy atom. The Labute approximate surface area is 153 Å². The number of rotatable bonds is 7. The van der Waals surface area contributed by atoms with Crippen molar-refractivity contribution in [2.45, 2.75) is 30.9 Å². The minimum atomic E-state index is -0.323. The summed E-state index contributed by atoms with van der Waals surface area (Å²) in [6, 6.07) is 6.10. The van der Waals surface area contributed by atoms with Gasteiger partial charge < -0.3 is 16.0 Å². The van der Waals surface area contributed by atoms with Crippen LogP contribution >= 0.6 is 11.8 Å². The van der Waals surface area contributed by atoms with E-state index in [0.717, 1.165) is 12.5 Å². The predicted octanol–water partition coefficient (Wildman–Crippen LogP) is 1.94. The third-order valence-electron chi connectivity index (χ3n) is 4.15. The van der Waals surface area contributed by atoms with E-state index in [4.69, 9.17) is 0 Å². The first-order valence-corrected chi connectivity index (χ1v) is 9.59. The Kier molecular flexibility index (Phi) is 7.55. The Morgan fingerprint density at radius 3 is 2.80 bits per heavy atom. The summed E-state index contributed by atoms with van der Waals surface area (Å²) in [5.41, 5.74) is 0.672. The van der Waals surface area contributed by atoms with E-state index in [0.29, 0.717) is 18.7 Å². The molecule has 25 heavy (non-hydrogen) atoms. The molecule has 5 nitrogen and oxygen atoms in total. The number of nitrogens with one attached hydrogen (secondary N) is 3. The number of nitrogens with zero attached hydrogens (tertiary/aromatic N) is 1. The lowest BCUT2D eigenvalue weighted by Gasteiger charge is -2.24. The van der Waals surface area contributed by atoms with Crippen molar-refractivity contribution in [3.63, 3.8) is 0 Å². The monoisotopic (exact) mass is 366 g/mol. The molecule has 0 aliphatic carbocycles. The van der Waals surface area contributed by atoms with Gasteiger partial charge in [-0.3, -0.25) is 9.79 Å². The topological polar surface area (TPSA) is 65.5 Å². The lowest BCUT2D eigenvalue weighted by molar-refractivity contribution is -0.120. The fraction of sp³-hybridized carbons (Fsp3) is 0.556. The zero-order valence-electron chi connectivity index (χ0n) is 14.9.